The summed E-state index contributed by atoms with van der Waals surface area (Å²) >= 11 is 5.56. The number of aryl methyl sites for hydroxylation is 1. The second-order valence-electron chi connectivity index (χ2n) is 6.30. The van der Waals surface area contributed by atoms with Crippen molar-refractivity contribution in [2.45, 2.75) is 19.9 Å². The van der Waals surface area contributed by atoms with Crippen molar-refractivity contribution in [2.24, 2.45) is 0 Å². The zero-order valence-corrected chi connectivity index (χ0v) is 16.3. The van der Waals surface area contributed by atoms with E-state index in [4.69, 9.17) is 17.3 Å². The van der Waals surface area contributed by atoms with Gasteiger partial charge in [-0.15, -0.1) is 0 Å². The van der Waals surface area contributed by atoms with E-state index in [1.54, 1.807) is 34.9 Å². The fourth-order valence-corrected chi connectivity index (χ4v) is 3.42. The lowest BCUT2D eigenvalue weighted by atomic mass is 10.1. The van der Waals surface area contributed by atoms with Gasteiger partial charge in [0, 0.05) is 24.8 Å². The van der Waals surface area contributed by atoms with Crippen LogP contribution < -0.4 is 5.56 Å². The minimum Gasteiger partial charge on any atom is -0.478 e. The van der Waals surface area contributed by atoms with Crippen molar-refractivity contribution in [1.29, 1.82) is 0 Å². The molecule has 0 radical (unpaired) electrons. The highest BCUT2D eigenvalue weighted by molar-refractivity contribution is 7.71. The van der Waals surface area contributed by atoms with Crippen molar-refractivity contribution in [2.75, 3.05) is 0 Å². The highest BCUT2D eigenvalue weighted by Crippen LogP contribution is 2.21. The molecule has 0 aliphatic rings. The molecule has 0 bridgehead atoms. The van der Waals surface area contributed by atoms with Crippen LogP contribution in [0.2, 0.25) is 0 Å². The number of carboxylic acid groups (broad SMARTS) is 1. The topological polar surface area (TPSA) is 107 Å². The molecule has 8 nitrogen and oxygen atoms in total. The Kier molecular flexibility index (Phi) is 5.69. The molecule has 0 amide bonds. The van der Waals surface area contributed by atoms with Crippen molar-refractivity contribution in [3.05, 3.63) is 79.3 Å². The van der Waals surface area contributed by atoms with E-state index in [0.29, 0.717) is 23.3 Å². The van der Waals surface area contributed by atoms with Gasteiger partial charge in [-0.3, -0.25) is 19.5 Å². The summed E-state index contributed by atoms with van der Waals surface area (Å²) in [6.45, 7) is 2.52. The minimum atomic E-state index is -1.06. The Balaban J connectivity index is 2.26. The van der Waals surface area contributed by atoms with Gasteiger partial charge in [-0.25, -0.2) is 4.79 Å². The van der Waals surface area contributed by atoms with Crippen LogP contribution in [0.4, 0.5) is 5.69 Å². The molecule has 3 aromatic rings. The van der Waals surface area contributed by atoms with Gasteiger partial charge in [0.1, 0.15) is 0 Å². The molecule has 1 heterocycles. The van der Waals surface area contributed by atoms with Crippen molar-refractivity contribution in [3.8, 4) is 5.69 Å². The number of nitrogens with zero attached hydrogens (tertiary/aromatic N) is 3. The van der Waals surface area contributed by atoms with Gasteiger partial charge >= 0.3 is 5.97 Å². The minimum absolute atomic E-state index is 0.171. The molecular formula is C20H17N3O5S. The highest BCUT2D eigenvalue weighted by Gasteiger charge is 2.15. The Labute approximate surface area is 170 Å². The molecule has 148 valence electrons. The van der Waals surface area contributed by atoms with E-state index in [1.807, 2.05) is 6.92 Å². The molecule has 0 spiro atoms. The van der Waals surface area contributed by atoms with Gasteiger partial charge in [-0.1, -0.05) is 19.1 Å². The van der Waals surface area contributed by atoms with Gasteiger partial charge in [0.2, 0.25) is 0 Å². The second kappa shape index (κ2) is 8.19. The molecule has 29 heavy (non-hydrogen) atoms. The largest absolute Gasteiger partial charge is 0.478 e. The quantitative estimate of drug-likeness (QED) is 0.285. The number of carboxylic acids is 1. The maximum atomic E-state index is 13.1. The SMILES string of the molecule is CCCn1c(=S)n(-c2ccc(/C=C/C(=O)O)cc2)c(=O)c2cc([N+](=O)[O-])ccc21. The molecule has 1 aromatic heterocycles. The standard InChI is InChI=1S/C20H17N3O5S/c1-2-11-21-17-9-8-15(23(27)28)12-16(17)19(26)22(20(21)29)14-6-3-13(4-7-14)5-10-18(24)25/h3-10,12H,2,11H2,1H3,(H,24,25)/b10-5+. The predicted molar refractivity (Wildman–Crippen MR) is 112 cm³/mol. The number of carbonyl (C=O) groups is 1. The zero-order chi connectivity index (χ0) is 21.1. The normalized spacial score (nSPS) is 11.2. The van der Waals surface area contributed by atoms with Crippen molar-refractivity contribution < 1.29 is 14.8 Å². The number of aliphatic carboxylic acids is 1. The Hall–Kier alpha value is -3.59. The van der Waals surface area contributed by atoms with E-state index in [2.05, 4.69) is 0 Å². The van der Waals surface area contributed by atoms with Crippen LogP contribution in [-0.4, -0.2) is 25.1 Å². The number of aromatic nitrogens is 2. The summed E-state index contributed by atoms with van der Waals surface area (Å²) in [5, 5.41) is 20.1. The van der Waals surface area contributed by atoms with Crippen LogP contribution in [0.1, 0.15) is 18.9 Å². The predicted octanol–water partition coefficient (Wildman–Crippen LogP) is 3.94. The maximum absolute atomic E-state index is 13.1. The highest BCUT2D eigenvalue weighted by atomic mass is 32.1. The lowest BCUT2D eigenvalue weighted by Gasteiger charge is -2.15. The number of nitro benzene ring substituents is 1. The van der Waals surface area contributed by atoms with Crippen molar-refractivity contribution in [1.82, 2.24) is 9.13 Å². The van der Waals surface area contributed by atoms with Gasteiger partial charge in [-0.2, -0.15) is 0 Å². The average Bonchev–Trinajstić information content (AvgIpc) is 2.70. The van der Waals surface area contributed by atoms with Crippen molar-refractivity contribution in [3.63, 3.8) is 0 Å². The number of hydrogen-bond acceptors (Lipinski definition) is 5. The van der Waals surface area contributed by atoms with Crippen LogP contribution in [0.3, 0.4) is 0 Å². The molecular weight excluding hydrogens is 394 g/mol. The number of hydrogen-bond donors (Lipinski definition) is 1. The molecule has 0 fully saturated rings. The Bertz CT molecular complexity index is 1260. The van der Waals surface area contributed by atoms with Crippen LogP contribution in [0.5, 0.6) is 0 Å². The molecule has 3 rings (SSSR count). The van der Waals surface area contributed by atoms with E-state index in [1.165, 1.54) is 22.8 Å². The summed E-state index contributed by atoms with van der Waals surface area (Å²) in [6, 6.07) is 10.8. The second-order valence-corrected chi connectivity index (χ2v) is 6.66. The summed E-state index contributed by atoms with van der Waals surface area (Å²) in [5.41, 5.74) is 1.06. The van der Waals surface area contributed by atoms with E-state index >= 15 is 0 Å². The monoisotopic (exact) mass is 411 g/mol. The van der Waals surface area contributed by atoms with E-state index in [-0.39, 0.29) is 15.8 Å². The van der Waals surface area contributed by atoms with Crippen LogP contribution in [0, 0.1) is 14.9 Å². The Morgan fingerprint density at radius 2 is 1.93 bits per heavy atom. The lowest BCUT2D eigenvalue weighted by Crippen LogP contribution is -2.24. The molecule has 0 unspecified atom stereocenters. The third-order valence-corrected chi connectivity index (χ3v) is 4.76. The van der Waals surface area contributed by atoms with Crippen LogP contribution in [0.15, 0.2) is 53.3 Å². The Morgan fingerprint density at radius 1 is 1.24 bits per heavy atom. The Morgan fingerprint density at radius 3 is 2.52 bits per heavy atom. The maximum Gasteiger partial charge on any atom is 0.328 e. The first-order valence-electron chi connectivity index (χ1n) is 8.79. The molecule has 0 aliphatic heterocycles. The lowest BCUT2D eigenvalue weighted by molar-refractivity contribution is -0.384. The summed E-state index contributed by atoms with van der Waals surface area (Å²) in [7, 11) is 0. The average molecular weight is 411 g/mol. The molecule has 0 atom stereocenters. The number of fused-ring (bicyclic) bond motifs is 1. The molecule has 0 saturated heterocycles. The smallest absolute Gasteiger partial charge is 0.328 e. The van der Waals surface area contributed by atoms with Gasteiger partial charge in [0.05, 0.1) is 21.5 Å². The summed E-state index contributed by atoms with van der Waals surface area (Å²) in [5.74, 6) is -1.06. The third kappa shape index (κ3) is 3.99. The van der Waals surface area contributed by atoms with Crippen LogP contribution >= 0.6 is 12.2 Å². The van der Waals surface area contributed by atoms with Gasteiger partial charge in [0.15, 0.2) is 4.77 Å². The molecule has 1 N–H and O–H groups in total. The third-order valence-electron chi connectivity index (χ3n) is 4.35. The summed E-state index contributed by atoms with van der Waals surface area (Å²) in [4.78, 5) is 34.4. The van der Waals surface area contributed by atoms with Gasteiger partial charge < -0.3 is 9.67 Å². The number of non-ortho nitro benzene ring substituents is 1. The first-order chi connectivity index (χ1) is 13.8. The molecule has 9 heteroatoms. The van der Waals surface area contributed by atoms with Gasteiger partial charge in [0.25, 0.3) is 11.2 Å². The van der Waals surface area contributed by atoms with Crippen molar-refractivity contribution >= 4 is 40.9 Å². The van der Waals surface area contributed by atoms with E-state index in [9.17, 15) is 19.7 Å². The fraction of sp³-hybridized carbons (Fsp3) is 0.150. The van der Waals surface area contributed by atoms with Gasteiger partial charge in [-0.05, 0) is 48.5 Å². The summed E-state index contributed by atoms with van der Waals surface area (Å²) in [6.07, 6.45) is 3.21. The zero-order valence-electron chi connectivity index (χ0n) is 15.4. The molecule has 0 saturated carbocycles. The van der Waals surface area contributed by atoms with E-state index < -0.39 is 16.5 Å². The van der Waals surface area contributed by atoms with E-state index in [0.717, 1.165) is 12.5 Å². The molecule has 0 aliphatic carbocycles. The number of rotatable bonds is 6. The number of benzene rings is 2. The first kappa shape index (κ1) is 20.2. The fourth-order valence-electron chi connectivity index (χ4n) is 3.04. The van der Waals surface area contributed by atoms with Crippen LogP contribution in [-0.2, 0) is 11.3 Å². The molecule has 2 aromatic carbocycles. The first-order valence-corrected chi connectivity index (χ1v) is 9.19. The van der Waals surface area contributed by atoms with Crippen LogP contribution in [0.25, 0.3) is 22.7 Å². The summed E-state index contributed by atoms with van der Waals surface area (Å²) < 4.78 is 3.41. The number of nitro groups is 1.